The molecular weight excluding hydrogens is 506 g/mol. The Balaban J connectivity index is 1.18. The average molecular weight is 535 g/mol. The number of aromatic amines is 1. The van der Waals surface area contributed by atoms with Crippen molar-refractivity contribution in [2.24, 2.45) is 5.73 Å². The number of carbonyl (C=O) groups excluding carboxylic acids is 1. The molecular formula is C28H28F2N6O3. The first-order valence-electron chi connectivity index (χ1n) is 13.1. The van der Waals surface area contributed by atoms with E-state index in [4.69, 9.17) is 10.5 Å². The molecule has 4 aromatic rings. The number of carbonyl (C=O) groups is 1. The van der Waals surface area contributed by atoms with Gasteiger partial charge in [-0.2, -0.15) is 0 Å². The number of rotatable bonds is 3. The SMILES string of the molecule is N[C@@H]1c2cccnc2[C@H](OC(=O)N2CCC(n3c(=O)[nH]c4ncccc43)CC2)CCC1c1cccc(F)c1F. The Hall–Kier alpha value is -4.12. The van der Waals surface area contributed by atoms with Crippen LogP contribution in [0.3, 0.4) is 0 Å². The second-order valence-corrected chi connectivity index (χ2v) is 10.1. The summed E-state index contributed by atoms with van der Waals surface area (Å²) in [5.74, 6) is -2.34. The Bertz CT molecular complexity index is 1580. The van der Waals surface area contributed by atoms with Gasteiger partial charge in [0.05, 0.1) is 11.2 Å². The van der Waals surface area contributed by atoms with E-state index in [-0.39, 0.29) is 17.3 Å². The van der Waals surface area contributed by atoms with Gasteiger partial charge in [0.25, 0.3) is 0 Å². The first-order chi connectivity index (χ1) is 18.9. The molecule has 2 aliphatic rings. The van der Waals surface area contributed by atoms with Gasteiger partial charge >= 0.3 is 11.8 Å². The van der Waals surface area contributed by atoms with Crippen LogP contribution < -0.4 is 11.4 Å². The molecule has 4 heterocycles. The summed E-state index contributed by atoms with van der Waals surface area (Å²) in [5.41, 5.74) is 9.02. The van der Waals surface area contributed by atoms with Gasteiger partial charge in [-0.3, -0.25) is 14.5 Å². The molecule has 1 aromatic carbocycles. The van der Waals surface area contributed by atoms with Crippen LogP contribution in [0.25, 0.3) is 11.2 Å². The molecule has 0 bridgehead atoms. The van der Waals surface area contributed by atoms with Gasteiger partial charge in [0, 0.05) is 43.5 Å². The summed E-state index contributed by atoms with van der Waals surface area (Å²) in [6, 6.07) is 10.5. The first-order valence-corrected chi connectivity index (χ1v) is 13.1. The number of halogens is 2. The number of piperidine rings is 1. The van der Waals surface area contributed by atoms with Crippen LogP contribution in [0.15, 0.2) is 59.7 Å². The molecule has 3 aromatic heterocycles. The van der Waals surface area contributed by atoms with E-state index >= 15 is 0 Å². The summed E-state index contributed by atoms with van der Waals surface area (Å²) < 4.78 is 36.4. The summed E-state index contributed by atoms with van der Waals surface area (Å²) in [6.07, 6.45) is 3.99. The van der Waals surface area contributed by atoms with E-state index in [0.717, 1.165) is 11.6 Å². The third kappa shape index (κ3) is 4.56. The number of hydrogen-bond donors (Lipinski definition) is 2. The third-order valence-corrected chi connectivity index (χ3v) is 7.91. The van der Waals surface area contributed by atoms with Gasteiger partial charge in [0.1, 0.15) is 6.10 Å². The highest BCUT2D eigenvalue weighted by molar-refractivity contribution is 5.70. The molecule has 0 saturated carbocycles. The highest BCUT2D eigenvalue weighted by Gasteiger charge is 2.36. The second kappa shape index (κ2) is 10.2. The summed E-state index contributed by atoms with van der Waals surface area (Å²) in [5, 5.41) is 0. The fraction of sp³-hybridized carbons (Fsp3) is 0.357. The van der Waals surface area contributed by atoms with Crippen LogP contribution in [0.2, 0.25) is 0 Å². The molecule has 1 unspecified atom stereocenters. The Morgan fingerprint density at radius 1 is 0.974 bits per heavy atom. The molecule has 1 aliphatic carbocycles. The lowest BCUT2D eigenvalue weighted by Gasteiger charge is -2.33. The van der Waals surface area contributed by atoms with E-state index in [0.29, 0.717) is 55.7 Å². The van der Waals surface area contributed by atoms with Gasteiger partial charge in [-0.05, 0) is 61.1 Å². The molecule has 0 radical (unpaired) electrons. The Kier molecular flexibility index (Phi) is 6.59. The van der Waals surface area contributed by atoms with Crippen molar-refractivity contribution in [3.8, 4) is 0 Å². The highest BCUT2D eigenvalue weighted by Crippen LogP contribution is 2.43. The number of benzene rings is 1. The fourth-order valence-corrected chi connectivity index (χ4v) is 5.94. The van der Waals surface area contributed by atoms with Crippen molar-refractivity contribution in [2.75, 3.05) is 13.1 Å². The van der Waals surface area contributed by atoms with Gasteiger partial charge in [-0.1, -0.05) is 18.2 Å². The molecule has 3 atom stereocenters. The molecule has 1 fully saturated rings. The maximum Gasteiger partial charge on any atom is 0.410 e. The molecule has 1 saturated heterocycles. The fourth-order valence-electron chi connectivity index (χ4n) is 5.94. The van der Waals surface area contributed by atoms with E-state index in [1.54, 1.807) is 46.1 Å². The lowest BCUT2D eigenvalue weighted by atomic mass is 9.86. The number of pyridine rings is 2. The van der Waals surface area contributed by atoms with E-state index in [1.165, 1.54) is 6.07 Å². The number of ether oxygens (including phenoxy) is 1. The number of H-pyrrole nitrogens is 1. The predicted octanol–water partition coefficient (Wildman–Crippen LogP) is 4.49. The van der Waals surface area contributed by atoms with E-state index in [1.807, 2.05) is 6.07 Å². The minimum Gasteiger partial charge on any atom is -0.440 e. The van der Waals surface area contributed by atoms with Gasteiger partial charge < -0.3 is 15.4 Å². The Morgan fingerprint density at radius 2 is 1.72 bits per heavy atom. The number of hydrogen-bond acceptors (Lipinski definition) is 6. The topological polar surface area (TPSA) is 119 Å². The predicted molar refractivity (Wildman–Crippen MR) is 139 cm³/mol. The summed E-state index contributed by atoms with van der Waals surface area (Å²) in [4.78, 5) is 38.9. The smallest absolute Gasteiger partial charge is 0.410 e. The van der Waals surface area contributed by atoms with Crippen LogP contribution in [0, 0.1) is 11.6 Å². The summed E-state index contributed by atoms with van der Waals surface area (Å²) >= 11 is 0. The van der Waals surface area contributed by atoms with Crippen LogP contribution >= 0.6 is 0 Å². The van der Waals surface area contributed by atoms with Crippen molar-refractivity contribution in [2.45, 2.75) is 49.8 Å². The van der Waals surface area contributed by atoms with Gasteiger partial charge in [-0.15, -0.1) is 0 Å². The van der Waals surface area contributed by atoms with Crippen molar-refractivity contribution < 1.29 is 18.3 Å². The number of aromatic nitrogens is 4. The van der Waals surface area contributed by atoms with E-state index in [9.17, 15) is 18.4 Å². The number of nitrogens with one attached hydrogen (secondary N) is 1. The minimum atomic E-state index is -0.923. The molecule has 0 spiro atoms. The quantitative estimate of drug-likeness (QED) is 0.374. The summed E-state index contributed by atoms with van der Waals surface area (Å²) in [7, 11) is 0. The molecule has 1 aliphatic heterocycles. The number of nitrogens with two attached hydrogens (primary N) is 1. The Morgan fingerprint density at radius 3 is 2.54 bits per heavy atom. The van der Waals surface area contributed by atoms with Crippen LogP contribution in [-0.2, 0) is 4.74 Å². The van der Waals surface area contributed by atoms with Crippen LogP contribution in [0.1, 0.15) is 66.6 Å². The summed E-state index contributed by atoms with van der Waals surface area (Å²) in [6.45, 7) is 0.836. The number of likely N-dealkylation sites (tertiary alicyclic amines) is 1. The molecule has 6 rings (SSSR count). The van der Waals surface area contributed by atoms with Crippen molar-refractivity contribution in [1.29, 1.82) is 0 Å². The monoisotopic (exact) mass is 534 g/mol. The van der Waals surface area contributed by atoms with Gasteiger partial charge in [0.2, 0.25) is 0 Å². The van der Waals surface area contributed by atoms with E-state index < -0.39 is 35.8 Å². The van der Waals surface area contributed by atoms with Crippen molar-refractivity contribution in [3.05, 3.63) is 93.8 Å². The molecule has 9 nitrogen and oxygen atoms in total. The van der Waals surface area contributed by atoms with Crippen LogP contribution in [-0.4, -0.2) is 43.6 Å². The normalized spacial score (nSPS) is 21.9. The zero-order valence-electron chi connectivity index (χ0n) is 21.1. The van der Waals surface area contributed by atoms with Crippen LogP contribution in [0.5, 0.6) is 0 Å². The third-order valence-electron chi connectivity index (χ3n) is 7.91. The lowest BCUT2D eigenvalue weighted by Crippen LogP contribution is -2.41. The molecule has 11 heteroatoms. The standard InChI is InChI=1S/C28H28F2N6O3/c29-20-6-1-4-17(23(20)30)18-8-9-22(25-19(24(18)31)5-2-12-32-25)39-28(38)35-14-10-16(11-15-35)36-21-7-3-13-33-26(21)34-27(36)37/h1-7,12-13,16,18,22,24H,8-11,14-15,31H2,(H,33,34,37)/t18?,22-,24+/m1/s1. The molecule has 202 valence electrons. The van der Waals surface area contributed by atoms with Crippen molar-refractivity contribution in [3.63, 3.8) is 0 Å². The number of imidazole rings is 1. The number of fused-ring (bicyclic) bond motifs is 2. The highest BCUT2D eigenvalue weighted by atomic mass is 19.2. The number of amides is 1. The first kappa shape index (κ1) is 25.2. The zero-order valence-corrected chi connectivity index (χ0v) is 21.1. The maximum atomic E-state index is 14.7. The van der Waals surface area contributed by atoms with Crippen molar-refractivity contribution >= 4 is 17.3 Å². The molecule has 1 amide bonds. The van der Waals surface area contributed by atoms with Crippen molar-refractivity contribution in [1.82, 2.24) is 24.4 Å². The lowest BCUT2D eigenvalue weighted by molar-refractivity contribution is 0.0472. The minimum absolute atomic E-state index is 0.0697. The Labute approximate surface area is 222 Å². The van der Waals surface area contributed by atoms with Gasteiger partial charge in [0.15, 0.2) is 17.3 Å². The largest absolute Gasteiger partial charge is 0.440 e. The zero-order chi connectivity index (χ0) is 27.1. The second-order valence-electron chi connectivity index (χ2n) is 10.1. The van der Waals surface area contributed by atoms with Gasteiger partial charge in [-0.25, -0.2) is 23.4 Å². The number of nitrogens with zero attached hydrogens (tertiary/aromatic N) is 4. The molecule has 3 N–H and O–H groups in total. The average Bonchev–Trinajstić information content (AvgIpc) is 3.23. The van der Waals surface area contributed by atoms with E-state index in [2.05, 4.69) is 15.0 Å². The van der Waals surface area contributed by atoms with Crippen LogP contribution in [0.4, 0.5) is 13.6 Å². The molecule has 39 heavy (non-hydrogen) atoms. The maximum absolute atomic E-state index is 14.7.